The Morgan fingerprint density at radius 1 is 1.33 bits per heavy atom. The van der Waals surface area contributed by atoms with Crippen molar-refractivity contribution in [3.8, 4) is 5.69 Å². The van der Waals surface area contributed by atoms with Crippen LogP contribution in [0.4, 0.5) is 0 Å². The van der Waals surface area contributed by atoms with E-state index in [2.05, 4.69) is 15.5 Å². The zero-order valence-electron chi connectivity index (χ0n) is 9.90. The van der Waals surface area contributed by atoms with Gasteiger partial charge in [0.2, 0.25) is 5.16 Å². The van der Waals surface area contributed by atoms with Gasteiger partial charge < -0.3 is 4.74 Å². The monoisotopic (exact) mass is 262 g/mol. The van der Waals surface area contributed by atoms with Crippen LogP contribution in [-0.2, 0) is 4.74 Å². The molecule has 0 spiro atoms. The quantitative estimate of drug-likeness (QED) is 0.788. The van der Waals surface area contributed by atoms with Gasteiger partial charge in [0.05, 0.1) is 11.8 Å². The number of aromatic nitrogens is 4. The number of para-hydroxylation sites is 1. The number of benzene rings is 1. The Morgan fingerprint density at radius 2 is 2.22 bits per heavy atom. The average Bonchev–Trinajstić information content (AvgIpc) is 3.09. The minimum absolute atomic E-state index is 0.343. The van der Waals surface area contributed by atoms with E-state index in [9.17, 15) is 0 Å². The van der Waals surface area contributed by atoms with Crippen LogP contribution in [0.5, 0.6) is 0 Å². The summed E-state index contributed by atoms with van der Waals surface area (Å²) in [7, 11) is 0. The molecule has 0 aliphatic carbocycles. The van der Waals surface area contributed by atoms with E-state index in [4.69, 9.17) is 4.74 Å². The highest BCUT2D eigenvalue weighted by Gasteiger charge is 2.17. The molecule has 0 N–H and O–H groups in total. The van der Waals surface area contributed by atoms with Crippen LogP contribution in [0.1, 0.15) is 12.8 Å². The fourth-order valence-corrected chi connectivity index (χ4v) is 2.90. The number of nitrogens with zero attached hydrogens (tertiary/aromatic N) is 4. The van der Waals surface area contributed by atoms with Gasteiger partial charge >= 0.3 is 0 Å². The van der Waals surface area contributed by atoms with Crippen molar-refractivity contribution in [2.75, 3.05) is 12.4 Å². The molecule has 1 atom stereocenters. The lowest BCUT2D eigenvalue weighted by molar-refractivity contribution is 0.129. The van der Waals surface area contributed by atoms with Crippen molar-refractivity contribution in [2.45, 2.75) is 24.1 Å². The van der Waals surface area contributed by atoms with E-state index in [1.54, 1.807) is 16.4 Å². The van der Waals surface area contributed by atoms with Crippen molar-refractivity contribution in [3.63, 3.8) is 0 Å². The molecule has 0 radical (unpaired) electrons. The van der Waals surface area contributed by atoms with E-state index in [1.807, 2.05) is 30.3 Å². The molecule has 1 aromatic heterocycles. The smallest absolute Gasteiger partial charge is 0.214 e. The molecule has 3 rings (SSSR count). The molecule has 1 saturated heterocycles. The fraction of sp³-hybridized carbons (Fsp3) is 0.417. The first-order valence-electron chi connectivity index (χ1n) is 6.02. The summed E-state index contributed by atoms with van der Waals surface area (Å²) in [6, 6.07) is 9.92. The number of thioether (sulfide) groups is 1. The molecule has 2 aromatic rings. The third-order valence-electron chi connectivity index (χ3n) is 2.86. The fourth-order valence-electron chi connectivity index (χ4n) is 1.94. The van der Waals surface area contributed by atoms with Crippen LogP contribution >= 0.6 is 11.8 Å². The van der Waals surface area contributed by atoms with Crippen molar-refractivity contribution in [1.82, 2.24) is 20.2 Å². The highest BCUT2D eigenvalue weighted by molar-refractivity contribution is 7.99. The van der Waals surface area contributed by atoms with E-state index in [-0.39, 0.29) is 0 Å². The zero-order valence-corrected chi connectivity index (χ0v) is 10.7. The largest absolute Gasteiger partial charge is 0.377 e. The molecule has 0 saturated carbocycles. The first kappa shape index (κ1) is 11.7. The number of hydrogen-bond donors (Lipinski definition) is 0. The number of rotatable bonds is 4. The standard InChI is InChI=1S/C12H14N4OS/c1-2-5-10(6-3-1)16-12(13-14-15-16)18-9-11-7-4-8-17-11/h1-3,5-6,11H,4,7-9H2. The van der Waals surface area contributed by atoms with Crippen LogP contribution in [-0.4, -0.2) is 38.7 Å². The lowest BCUT2D eigenvalue weighted by Crippen LogP contribution is -2.09. The summed E-state index contributed by atoms with van der Waals surface area (Å²) >= 11 is 1.65. The summed E-state index contributed by atoms with van der Waals surface area (Å²) in [6.07, 6.45) is 2.64. The first-order valence-corrected chi connectivity index (χ1v) is 7.00. The predicted octanol–water partition coefficient (Wildman–Crippen LogP) is 1.93. The molecular formula is C12H14N4OS. The van der Waals surface area contributed by atoms with Crippen LogP contribution in [0, 0.1) is 0 Å². The average molecular weight is 262 g/mol. The van der Waals surface area contributed by atoms with E-state index in [1.165, 1.54) is 0 Å². The molecule has 0 amide bonds. The third-order valence-corrected chi connectivity index (χ3v) is 3.92. The summed E-state index contributed by atoms with van der Waals surface area (Å²) in [5.74, 6) is 0.910. The topological polar surface area (TPSA) is 52.8 Å². The summed E-state index contributed by atoms with van der Waals surface area (Å²) in [4.78, 5) is 0. The van der Waals surface area contributed by atoms with E-state index < -0.39 is 0 Å². The first-order chi connectivity index (χ1) is 8.93. The Hall–Kier alpha value is -1.40. The van der Waals surface area contributed by atoms with Crippen molar-refractivity contribution < 1.29 is 4.74 Å². The second-order valence-electron chi connectivity index (χ2n) is 4.15. The van der Waals surface area contributed by atoms with Crippen LogP contribution in [0.15, 0.2) is 35.5 Å². The van der Waals surface area contributed by atoms with Gasteiger partial charge in [0.25, 0.3) is 0 Å². The Labute approximate surface area is 110 Å². The SMILES string of the molecule is c1ccc(-n2nnnc2SCC2CCCO2)cc1. The van der Waals surface area contributed by atoms with Crippen LogP contribution < -0.4 is 0 Å². The molecule has 5 nitrogen and oxygen atoms in total. The van der Waals surface area contributed by atoms with E-state index in [0.29, 0.717) is 6.10 Å². The molecule has 1 aliphatic rings. The van der Waals surface area contributed by atoms with Crippen molar-refractivity contribution in [3.05, 3.63) is 30.3 Å². The van der Waals surface area contributed by atoms with Crippen molar-refractivity contribution in [1.29, 1.82) is 0 Å². The van der Waals surface area contributed by atoms with Gasteiger partial charge in [0, 0.05) is 12.4 Å². The molecule has 94 valence electrons. The third kappa shape index (κ3) is 2.54. The zero-order chi connectivity index (χ0) is 12.2. The van der Waals surface area contributed by atoms with Crippen LogP contribution in [0.3, 0.4) is 0 Å². The van der Waals surface area contributed by atoms with Gasteiger partial charge in [-0.25, -0.2) is 0 Å². The van der Waals surface area contributed by atoms with Crippen molar-refractivity contribution >= 4 is 11.8 Å². The highest BCUT2D eigenvalue weighted by atomic mass is 32.2. The lowest BCUT2D eigenvalue weighted by atomic mass is 10.3. The Morgan fingerprint density at radius 3 is 3.00 bits per heavy atom. The summed E-state index contributed by atoms with van der Waals surface area (Å²) in [6.45, 7) is 0.884. The summed E-state index contributed by atoms with van der Waals surface area (Å²) < 4.78 is 7.36. The van der Waals surface area contributed by atoms with E-state index >= 15 is 0 Å². The Balaban J connectivity index is 1.71. The summed E-state index contributed by atoms with van der Waals surface area (Å²) in [5.41, 5.74) is 0.984. The Bertz CT molecular complexity index is 496. The number of hydrogen-bond acceptors (Lipinski definition) is 5. The van der Waals surface area contributed by atoms with Crippen LogP contribution in [0.25, 0.3) is 5.69 Å². The van der Waals surface area contributed by atoms with Gasteiger partial charge in [-0.2, -0.15) is 4.68 Å². The number of ether oxygens (including phenoxy) is 1. The van der Waals surface area contributed by atoms with Gasteiger partial charge in [-0.05, 0) is 35.4 Å². The maximum Gasteiger partial charge on any atom is 0.214 e. The van der Waals surface area contributed by atoms with E-state index in [0.717, 1.165) is 36.0 Å². The molecule has 1 fully saturated rings. The normalized spacial score (nSPS) is 19.2. The molecule has 0 bridgehead atoms. The Kier molecular flexibility index (Phi) is 3.56. The second-order valence-corrected chi connectivity index (χ2v) is 5.14. The summed E-state index contributed by atoms with van der Waals surface area (Å²) in [5, 5.41) is 12.6. The van der Waals surface area contributed by atoms with Crippen LogP contribution in [0.2, 0.25) is 0 Å². The molecule has 1 aliphatic heterocycles. The van der Waals surface area contributed by atoms with Gasteiger partial charge in [0.15, 0.2) is 0 Å². The predicted molar refractivity (Wildman–Crippen MR) is 68.9 cm³/mol. The molecule has 1 aromatic carbocycles. The van der Waals surface area contributed by atoms with Crippen molar-refractivity contribution in [2.24, 2.45) is 0 Å². The minimum atomic E-state index is 0.343. The second kappa shape index (κ2) is 5.49. The van der Waals surface area contributed by atoms with Gasteiger partial charge in [-0.1, -0.05) is 30.0 Å². The minimum Gasteiger partial charge on any atom is -0.377 e. The van der Waals surface area contributed by atoms with Gasteiger partial charge in [0.1, 0.15) is 0 Å². The molecule has 2 heterocycles. The maximum absolute atomic E-state index is 5.60. The molecule has 18 heavy (non-hydrogen) atoms. The lowest BCUT2D eigenvalue weighted by Gasteiger charge is -2.08. The van der Waals surface area contributed by atoms with Gasteiger partial charge in [-0.15, -0.1) is 5.10 Å². The maximum atomic E-state index is 5.60. The molecular weight excluding hydrogens is 248 g/mol. The number of tetrazole rings is 1. The van der Waals surface area contributed by atoms with Gasteiger partial charge in [-0.3, -0.25) is 0 Å². The molecule has 1 unspecified atom stereocenters. The molecule has 6 heteroatoms. The highest BCUT2D eigenvalue weighted by Crippen LogP contribution is 2.23.